The van der Waals surface area contributed by atoms with E-state index in [4.69, 9.17) is 0 Å². The number of hydrogen-bond donors (Lipinski definition) is 1. The molecule has 0 aromatic heterocycles. The molecule has 1 amide bonds. The van der Waals surface area contributed by atoms with Gasteiger partial charge in [-0.25, -0.2) is 0 Å². The molecule has 130 valence electrons. The van der Waals surface area contributed by atoms with Crippen LogP contribution >= 0.6 is 0 Å². The molecule has 0 radical (unpaired) electrons. The van der Waals surface area contributed by atoms with E-state index in [9.17, 15) is 14.7 Å². The molecule has 1 saturated heterocycles. The summed E-state index contributed by atoms with van der Waals surface area (Å²) in [5.41, 5.74) is 2.81. The molecule has 2 unspecified atom stereocenters. The van der Waals surface area contributed by atoms with Crippen LogP contribution < -0.4 is 0 Å². The Hall–Kier alpha value is -2.62. The molecule has 2 aromatic rings. The quantitative estimate of drug-likeness (QED) is 0.907. The van der Waals surface area contributed by atoms with Crippen LogP contribution in [0.4, 0.5) is 0 Å². The summed E-state index contributed by atoms with van der Waals surface area (Å²) in [6.45, 7) is 2.82. The fraction of sp³-hybridized carbons (Fsp3) is 0.333. The van der Waals surface area contributed by atoms with Gasteiger partial charge < -0.3 is 10.0 Å². The Morgan fingerprint density at radius 2 is 1.72 bits per heavy atom. The van der Waals surface area contributed by atoms with Crippen molar-refractivity contribution in [3.8, 4) is 0 Å². The number of carboxylic acid groups (broad SMARTS) is 1. The van der Waals surface area contributed by atoms with Crippen LogP contribution in [0.2, 0.25) is 0 Å². The van der Waals surface area contributed by atoms with Crippen molar-refractivity contribution in [3.63, 3.8) is 0 Å². The molecule has 0 bridgehead atoms. The lowest BCUT2D eigenvalue weighted by atomic mass is 9.89. The van der Waals surface area contributed by atoms with Gasteiger partial charge in [-0.2, -0.15) is 0 Å². The van der Waals surface area contributed by atoms with Crippen molar-refractivity contribution in [1.29, 1.82) is 0 Å². The van der Waals surface area contributed by atoms with Crippen molar-refractivity contribution in [3.05, 3.63) is 71.3 Å². The van der Waals surface area contributed by atoms with Gasteiger partial charge in [0.25, 0.3) is 5.91 Å². The SMILES string of the molecule is CCCc1ccc(C(=O)N2CC(C(=O)O)C(c3ccccc3)C2)cc1. The summed E-state index contributed by atoms with van der Waals surface area (Å²) in [4.78, 5) is 26.1. The zero-order chi connectivity index (χ0) is 17.8. The summed E-state index contributed by atoms with van der Waals surface area (Å²) in [5.74, 6) is -1.66. The summed E-state index contributed by atoms with van der Waals surface area (Å²) in [7, 11) is 0. The molecule has 0 spiro atoms. The maximum absolute atomic E-state index is 12.8. The van der Waals surface area contributed by atoms with Gasteiger partial charge in [-0.3, -0.25) is 9.59 Å². The Balaban J connectivity index is 1.78. The van der Waals surface area contributed by atoms with E-state index in [1.807, 2.05) is 54.6 Å². The Morgan fingerprint density at radius 1 is 1.04 bits per heavy atom. The Labute approximate surface area is 148 Å². The summed E-state index contributed by atoms with van der Waals surface area (Å²) >= 11 is 0. The van der Waals surface area contributed by atoms with Crippen LogP contribution in [-0.4, -0.2) is 35.0 Å². The number of likely N-dealkylation sites (tertiary alicyclic amines) is 1. The molecule has 1 aliphatic rings. The number of carboxylic acids is 1. The normalized spacial score (nSPS) is 19.8. The van der Waals surface area contributed by atoms with Crippen molar-refractivity contribution in [1.82, 2.24) is 4.90 Å². The Kier molecular flexibility index (Phi) is 5.17. The minimum Gasteiger partial charge on any atom is -0.481 e. The molecule has 3 rings (SSSR count). The van der Waals surface area contributed by atoms with Crippen LogP contribution in [0, 0.1) is 5.92 Å². The zero-order valence-electron chi connectivity index (χ0n) is 14.4. The van der Waals surface area contributed by atoms with Crippen LogP contribution in [0.1, 0.15) is 40.7 Å². The van der Waals surface area contributed by atoms with Crippen LogP contribution in [0.15, 0.2) is 54.6 Å². The highest BCUT2D eigenvalue weighted by atomic mass is 16.4. The summed E-state index contributed by atoms with van der Waals surface area (Å²) < 4.78 is 0. The molecule has 1 aliphatic heterocycles. The van der Waals surface area contributed by atoms with Gasteiger partial charge in [-0.15, -0.1) is 0 Å². The van der Waals surface area contributed by atoms with E-state index in [1.165, 1.54) is 5.56 Å². The van der Waals surface area contributed by atoms with Crippen LogP contribution in [-0.2, 0) is 11.2 Å². The van der Waals surface area contributed by atoms with Gasteiger partial charge in [0.05, 0.1) is 5.92 Å². The summed E-state index contributed by atoms with van der Waals surface area (Å²) in [5, 5.41) is 9.57. The minimum atomic E-state index is -0.845. The molecular weight excluding hydrogens is 314 g/mol. The smallest absolute Gasteiger partial charge is 0.308 e. The maximum atomic E-state index is 12.8. The van der Waals surface area contributed by atoms with Gasteiger partial charge in [-0.05, 0) is 29.7 Å². The molecule has 0 saturated carbocycles. The van der Waals surface area contributed by atoms with Crippen LogP contribution in [0.25, 0.3) is 0 Å². The van der Waals surface area contributed by atoms with E-state index in [0.717, 1.165) is 18.4 Å². The fourth-order valence-electron chi connectivity index (χ4n) is 3.54. The molecule has 2 aromatic carbocycles. The Morgan fingerprint density at radius 3 is 2.32 bits per heavy atom. The first-order valence-corrected chi connectivity index (χ1v) is 8.76. The number of carbonyl (C=O) groups is 2. The van der Waals surface area contributed by atoms with Crippen molar-refractivity contribution in [2.45, 2.75) is 25.7 Å². The van der Waals surface area contributed by atoms with Gasteiger partial charge in [0, 0.05) is 24.6 Å². The highest BCUT2D eigenvalue weighted by Crippen LogP contribution is 2.33. The highest BCUT2D eigenvalue weighted by molar-refractivity contribution is 5.95. The number of aryl methyl sites for hydroxylation is 1. The van der Waals surface area contributed by atoms with E-state index in [0.29, 0.717) is 12.1 Å². The zero-order valence-corrected chi connectivity index (χ0v) is 14.4. The van der Waals surface area contributed by atoms with Gasteiger partial charge in [-0.1, -0.05) is 55.8 Å². The third kappa shape index (κ3) is 3.73. The molecule has 4 heteroatoms. The van der Waals surface area contributed by atoms with Crippen molar-refractivity contribution >= 4 is 11.9 Å². The molecule has 1 N–H and O–H groups in total. The predicted octanol–water partition coefficient (Wildman–Crippen LogP) is 3.58. The first kappa shape index (κ1) is 17.2. The second-order valence-corrected chi connectivity index (χ2v) is 6.62. The van der Waals surface area contributed by atoms with E-state index < -0.39 is 11.9 Å². The number of nitrogens with zero attached hydrogens (tertiary/aromatic N) is 1. The van der Waals surface area contributed by atoms with Crippen molar-refractivity contribution < 1.29 is 14.7 Å². The second kappa shape index (κ2) is 7.51. The topological polar surface area (TPSA) is 57.6 Å². The summed E-state index contributed by atoms with van der Waals surface area (Å²) in [6, 6.07) is 17.3. The number of carbonyl (C=O) groups excluding carboxylic acids is 1. The number of rotatable bonds is 5. The third-order valence-electron chi connectivity index (χ3n) is 4.89. The number of benzene rings is 2. The average Bonchev–Trinajstić information content (AvgIpc) is 3.08. The predicted molar refractivity (Wildman–Crippen MR) is 96.6 cm³/mol. The fourth-order valence-corrected chi connectivity index (χ4v) is 3.54. The van der Waals surface area contributed by atoms with E-state index >= 15 is 0 Å². The average molecular weight is 337 g/mol. The first-order chi connectivity index (χ1) is 12.1. The van der Waals surface area contributed by atoms with E-state index in [2.05, 4.69) is 6.92 Å². The first-order valence-electron chi connectivity index (χ1n) is 8.76. The molecule has 1 fully saturated rings. The molecule has 2 atom stereocenters. The number of aliphatic carboxylic acids is 1. The van der Waals surface area contributed by atoms with Crippen molar-refractivity contribution in [2.24, 2.45) is 5.92 Å². The minimum absolute atomic E-state index is 0.0901. The van der Waals surface area contributed by atoms with Gasteiger partial charge in [0.1, 0.15) is 0 Å². The maximum Gasteiger partial charge on any atom is 0.308 e. The van der Waals surface area contributed by atoms with Crippen LogP contribution in [0.3, 0.4) is 0 Å². The van der Waals surface area contributed by atoms with Crippen LogP contribution in [0.5, 0.6) is 0 Å². The van der Waals surface area contributed by atoms with Gasteiger partial charge in [0.2, 0.25) is 0 Å². The third-order valence-corrected chi connectivity index (χ3v) is 4.89. The molecule has 0 aliphatic carbocycles. The number of amides is 1. The van der Waals surface area contributed by atoms with Gasteiger partial charge >= 0.3 is 5.97 Å². The highest BCUT2D eigenvalue weighted by Gasteiger charge is 2.40. The monoisotopic (exact) mass is 337 g/mol. The largest absolute Gasteiger partial charge is 0.481 e. The van der Waals surface area contributed by atoms with Crippen molar-refractivity contribution in [2.75, 3.05) is 13.1 Å². The number of hydrogen-bond acceptors (Lipinski definition) is 2. The molecule has 4 nitrogen and oxygen atoms in total. The second-order valence-electron chi connectivity index (χ2n) is 6.62. The lowest BCUT2D eigenvalue weighted by Crippen LogP contribution is -2.29. The molecular formula is C21H23NO3. The molecule has 1 heterocycles. The van der Waals surface area contributed by atoms with E-state index in [-0.39, 0.29) is 18.4 Å². The lowest BCUT2D eigenvalue weighted by molar-refractivity contribution is -0.141. The Bertz CT molecular complexity index is 739. The van der Waals surface area contributed by atoms with E-state index in [1.54, 1.807) is 4.90 Å². The van der Waals surface area contributed by atoms with Gasteiger partial charge in [0.15, 0.2) is 0 Å². The standard InChI is InChI=1S/C21H23NO3/c1-2-6-15-9-11-17(12-10-15)20(23)22-13-18(19(14-22)21(24)25)16-7-4-3-5-8-16/h3-5,7-12,18-19H,2,6,13-14H2,1H3,(H,24,25). The summed E-state index contributed by atoms with van der Waals surface area (Å²) in [6.07, 6.45) is 2.06. The molecule has 25 heavy (non-hydrogen) atoms. The lowest BCUT2D eigenvalue weighted by Gasteiger charge is -2.17.